The van der Waals surface area contributed by atoms with Crippen molar-refractivity contribution in [2.45, 2.75) is 37.2 Å². The highest BCUT2D eigenvalue weighted by molar-refractivity contribution is 7.89. The summed E-state index contributed by atoms with van der Waals surface area (Å²) in [7, 11) is -3.71. The van der Waals surface area contributed by atoms with Crippen LogP contribution in [0.3, 0.4) is 0 Å². The molecule has 0 radical (unpaired) electrons. The van der Waals surface area contributed by atoms with Crippen LogP contribution in [0.5, 0.6) is 5.75 Å². The first-order chi connectivity index (χ1) is 13.9. The average Bonchev–Trinajstić information content (AvgIpc) is 3.15. The number of sulfonamides is 1. The molecule has 1 aliphatic heterocycles. The zero-order valence-electron chi connectivity index (χ0n) is 16.5. The molecule has 156 valence electrons. The molecule has 1 amide bonds. The number of nitrogens with two attached hydrogens (primary N) is 1. The molecule has 0 bridgehead atoms. The molecule has 0 unspecified atom stereocenters. The molecule has 8 heteroatoms. The van der Waals surface area contributed by atoms with Crippen LogP contribution in [-0.2, 0) is 21.4 Å². The number of rotatable bonds is 8. The first-order valence-electron chi connectivity index (χ1n) is 9.72. The number of carbonyl (C=O) groups is 1. The molecule has 7 nitrogen and oxygen atoms in total. The van der Waals surface area contributed by atoms with Crippen LogP contribution >= 0.6 is 0 Å². The van der Waals surface area contributed by atoms with Gasteiger partial charge in [0.2, 0.25) is 15.9 Å². The number of amides is 1. The average molecular weight is 418 g/mol. The van der Waals surface area contributed by atoms with E-state index in [4.69, 9.17) is 9.88 Å². The molecule has 1 aliphatic rings. The lowest BCUT2D eigenvalue weighted by molar-refractivity contribution is -0.122. The van der Waals surface area contributed by atoms with E-state index in [0.717, 1.165) is 30.7 Å². The molecule has 1 saturated heterocycles. The predicted molar refractivity (Wildman–Crippen MR) is 111 cm³/mol. The van der Waals surface area contributed by atoms with Gasteiger partial charge in [-0.05, 0) is 61.7 Å². The highest BCUT2D eigenvalue weighted by atomic mass is 32.2. The fourth-order valence-corrected chi connectivity index (χ4v) is 4.10. The summed E-state index contributed by atoms with van der Waals surface area (Å²) in [5, 5.41) is 8.00. The normalized spacial score (nSPS) is 17.2. The van der Waals surface area contributed by atoms with Gasteiger partial charge in [-0.1, -0.05) is 24.3 Å². The van der Waals surface area contributed by atoms with Crippen LogP contribution in [-0.4, -0.2) is 38.9 Å². The largest absolute Gasteiger partial charge is 0.494 e. The van der Waals surface area contributed by atoms with Crippen molar-refractivity contribution in [1.29, 1.82) is 0 Å². The molecule has 2 aromatic rings. The fraction of sp³-hybridized carbons (Fsp3) is 0.381. The van der Waals surface area contributed by atoms with Crippen molar-refractivity contribution in [3.05, 3.63) is 59.7 Å². The Kier molecular flexibility index (Phi) is 6.89. The number of ether oxygens (including phenoxy) is 1. The first kappa shape index (κ1) is 21.3. The van der Waals surface area contributed by atoms with Crippen molar-refractivity contribution in [3.63, 3.8) is 0 Å². The number of primary sulfonamides is 1. The maximum atomic E-state index is 12.4. The third-order valence-electron chi connectivity index (χ3n) is 5.03. The van der Waals surface area contributed by atoms with E-state index in [1.54, 1.807) is 12.1 Å². The summed E-state index contributed by atoms with van der Waals surface area (Å²) >= 11 is 0. The molecule has 2 aromatic carbocycles. The summed E-state index contributed by atoms with van der Waals surface area (Å²) in [6.45, 7) is 4.15. The van der Waals surface area contributed by atoms with Crippen LogP contribution in [0.4, 0.5) is 0 Å². The Morgan fingerprint density at radius 3 is 2.48 bits per heavy atom. The maximum absolute atomic E-state index is 12.4. The molecular formula is C21H27N3O4S. The molecule has 0 spiro atoms. The van der Waals surface area contributed by atoms with Gasteiger partial charge in [0, 0.05) is 12.6 Å². The first-order valence-corrected chi connectivity index (χ1v) is 11.3. The lowest BCUT2D eigenvalue weighted by Gasteiger charge is -2.24. The molecular weight excluding hydrogens is 390 g/mol. The summed E-state index contributed by atoms with van der Waals surface area (Å²) in [4.78, 5) is 14.7. The van der Waals surface area contributed by atoms with E-state index in [-0.39, 0.29) is 16.8 Å². The Hall–Kier alpha value is -2.42. The number of carbonyl (C=O) groups excluding carboxylic acids is 1. The van der Waals surface area contributed by atoms with Gasteiger partial charge in [0.15, 0.2) is 0 Å². The second kappa shape index (κ2) is 9.39. The molecule has 1 fully saturated rings. The molecule has 29 heavy (non-hydrogen) atoms. The van der Waals surface area contributed by atoms with E-state index in [0.29, 0.717) is 19.7 Å². The van der Waals surface area contributed by atoms with Crippen molar-refractivity contribution in [2.75, 3.05) is 19.7 Å². The molecule has 0 saturated carbocycles. The second-order valence-electron chi connectivity index (χ2n) is 7.10. The quantitative estimate of drug-likeness (QED) is 0.686. The van der Waals surface area contributed by atoms with Crippen molar-refractivity contribution in [1.82, 2.24) is 10.2 Å². The Balaban J connectivity index is 1.54. The number of hydrogen-bond acceptors (Lipinski definition) is 5. The molecule has 0 aliphatic carbocycles. The van der Waals surface area contributed by atoms with Gasteiger partial charge in [0.25, 0.3) is 0 Å². The smallest absolute Gasteiger partial charge is 0.238 e. The van der Waals surface area contributed by atoms with Gasteiger partial charge in [0.1, 0.15) is 5.75 Å². The van der Waals surface area contributed by atoms with Gasteiger partial charge in [-0.25, -0.2) is 13.6 Å². The van der Waals surface area contributed by atoms with Crippen molar-refractivity contribution < 1.29 is 17.9 Å². The zero-order valence-corrected chi connectivity index (χ0v) is 17.3. The van der Waals surface area contributed by atoms with Crippen LogP contribution < -0.4 is 15.2 Å². The van der Waals surface area contributed by atoms with Gasteiger partial charge in [-0.15, -0.1) is 0 Å². The van der Waals surface area contributed by atoms with Crippen molar-refractivity contribution in [2.24, 2.45) is 5.14 Å². The number of nitrogens with one attached hydrogen (secondary N) is 1. The standard InChI is InChI=1S/C21H27N3O4S/c1-2-28-18-9-7-17(8-10-18)20-4-3-13-24(20)15-21(25)23-14-16-5-11-19(12-6-16)29(22,26)27/h5-12,20H,2-4,13-15H2,1H3,(H,23,25)(H2,22,26,27)/t20-/m0/s1. The minimum atomic E-state index is -3.71. The number of benzene rings is 2. The Labute approximate surface area is 171 Å². The minimum absolute atomic E-state index is 0.0571. The van der Waals surface area contributed by atoms with Crippen LogP contribution in [0.15, 0.2) is 53.4 Å². The van der Waals surface area contributed by atoms with Gasteiger partial charge in [0.05, 0.1) is 18.0 Å². The Bertz CT molecular complexity index is 927. The van der Waals surface area contributed by atoms with Gasteiger partial charge < -0.3 is 10.1 Å². The van der Waals surface area contributed by atoms with E-state index in [1.165, 1.54) is 17.7 Å². The molecule has 1 atom stereocenters. The summed E-state index contributed by atoms with van der Waals surface area (Å²) in [6.07, 6.45) is 2.08. The highest BCUT2D eigenvalue weighted by Crippen LogP contribution is 2.32. The van der Waals surface area contributed by atoms with Crippen molar-refractivity contribution >= 4 is 15.9 Å². The van der Waals surface area contributed by atoms with Crippen LogP contribution in [0, 0.1) is 0 Å². The van der Waals surface area contributed by atoms with E-state index < -0.39 is 10.0 Å². The molecule has 0 aromatic heterocycles. The van der Waals surface area contributed by atoms with E-state index in [2.05, 4.69) is 22.3 Å². The number of likely N-dealkylation sites (tertiary alicyclic amines) is 1. The van der Waals surface area contributed by atoms with Crippen molar-refractivity contribution in [3.8, 4) is 5.75 Å². The fourth-order valence-electron chi connectivity index (χ4n) is 3.58. The Morgan fingerprint density at radius 2 is 1.86 bits per heavy atom. The summed E-state index contributed by atoms with van der Waals surface area (Å²) in [5.41, 5.74) is 2.01. The van der Waals surface area contributed by atoms with E-state index >= 15 is 0 Å². The topological polar surface area (TPSA) is 102 Å². The molecule has 3 N–H and O–H groups in total. The lowest BCUT2D eigenvalue weighted by Crippen LogP contribution is -2.36. The summed E-state index contributed by atoms with van der Waals surface area (Å²) < 4.78 is 28.1. The lowest BCUT2D eigenvalue weighted by atomic mass is 10.0. The SMILES string of the molecule is CCOc1ccc([C@@H]2CCCN2CC(=O)NCc2ccc(S(N)(=O)=O)cc2)cc1. The zero-order chi connectivity index (χ0) is 20.9. The number of hydrogen-bond donors (Lipinski definition) is 2. The molecule has 3 rings (SSSR count). The van der Waals surface area contributed by atoms with Crippen LogP contribution in [0.25, 0.3) is 0 Å². The maximum Gasteiger partial charge on any atom is 0.238 e. The predicted octanol–water partition coefficient (Wildman–Crippen LogP) is 2.19. The van der Waals surface area contributed by atoms with E-state index in [1.807, 2.05) is 19.1 Å². The monoisotopic (exact) mass is 417 g/mol. The number of nitrogens with zero attached hydrogens (tertiary/aromatic N) is 1. The third-order valence-corrected chi connectivity index (χ3v) is 5.96. The van der Waals surface area contributed by atoms with Crippen LogP contribution in [0.2, 0.25) is 0 Å². The van der Waals surface area contributed by atoms with E-state index in [9.17, 15) is 13.2 Å². The summed E-state index contributed by atoms with van der Waals surface area (Å²) in [5.74, 6) is 0.797. The van der Waals surface area contributed by atoms with Crippen LogP contribution in [0.1, 0.15) is 36.9 Å². The Morgan fingerprint density at radius 1 is 1.17 bits per heavy atom. The van der Waals surface area contributed by atoms with Gasteiger partial charge >= 0.3 is 0 Å². The molecule has 1 heterocycles. The van der Waals surface area contributed by atoms with Gasteiger partial charge in [-0.3, -0.25) is 9.69 Å². The minimum Gasteiger partial charge on any atom is -0.494 e. The third kappa shape index (κ3) is 5.79. The van der Waals surface area contributed by atoms with Gasteiger partial charge in [-0.2, -0.15) is 0 Å². The highest BCUT2D eigenvalue weighted by Gasteiger charge is 2.27. The summed E-state index contributed by atoms with van der Waals surface area (Å²) in [6, 6.07) is 14.5. The second-order valence-corrected chi connectivity index (χ2v) is 8.66.